The summed E-state index contributed by atoms with van der Waals surface area (Å²) in [7, 11) is 0. The largest absolute Gasteiger partial charge is 0.451 e. The smallest absolute Gasteiger partial charge is 0.327 e. The minimum atomic E-state index is -1.07. The molecule has 0 aromatic heterocycles. The predicted octanol–water partition coefficient (Wildman–Crippen LogP) is 1.89. The van der Waals surface area contributed by atoms with Crippen molar-refractivity contribution in [1.29, 1.82) is 0 Å². The number of aryl methyl sites for hydroxylation is 2. The number of hydrogen-bond acceptors (Lipinski definition) is 5. The molecule has 0 radical (unpaired) electrons. The zero-order valence-corrected chi connectivity index (χ0v) is 16.5. The van der Waals surface area contributed by atoms with Crippen molar-refractivity contribution in [3.8, 4) is 0 Å². The molecule has 1 aromatic carbocycles. The van der Waals surface area contributed by atoms with Crippen LogP contribution in [-0.2, 0) is 19.1 Å². The summed E-state index contributed by atoms with van der Waals surface area (Å²) in [5.41, 5.74) is 1.50. The molecule has 2 fully saturated rings. The van der Waals surface area contributed by atoms with Crippen molar-refractivity contribution in [2.75, 3.05) is 11.9 Å². The van der Waals surface area contributed by atoms with E-state index in [1.807, 2.05) is 32.0 Å². The van der Waals surface area contributed by atoms with Crippen molar-refractivity contribution < 1.29 is 23.9 Å². The Labute approximate surface area is 163 Å². The standard InChI is InChI=1S/C20H25N3O5/c1-11-6-5-7-12(2)16(11)21-17(25)13(3)28-15(24)10-23-18(26)20(4,14-8-9-14)22-19(23)27/h5-7,13-14H,8-10H2,1-4H3,(H,21,25)(H,22,27)/t13-,20+/m1/s1. The Morgan fingerprint density at radius 2 is 1.89 bits per heavy atom. The Bertz CT molecular complexity index is 828. The van der Waals surface area contributed by atoms with Crippen LogP contribution in [0.15, 0.2) is 18.2 Å². The number of nitrogens with one attached hydrogen (secondary N) is 2. The number of carbonyl (C=O) groups is 4. The Morgan fingerprint density at radius 3 is 2.46 bits per heavy atom. The molecule has 1 saturated carbocycles. The van der Waals surface area contributed by atoms with Crippen LogP contribution >= 0.6 is 0 Å². The second kappa shape index (κ2) is 7.26. The average Bonchev–Trinajstić information content (AvgIpc) is 3.44. The number of nitrogens with zero attached hydrogens (tertiary/aromatic N) is 1. The van der Waals surface area contributed by atoms with Gasteiger partial charge in [0, 0.05) is 5.69 Å². The quantitative estimate of drug-likeness (QED) is 0.573. The van der Waals surface area contributed by atoms with Crippen molar-refractivity contribution >= 4 is 29.5 Å². The molecule has 1 aliphatic carbocycles. The molecule has 0 bridgehead atoms. The van der Waals surface area contributed by atoms with Crippen LogP contribution in [0, 0.1) is 19.8 Å². The highest BCUT2D eigenvalue weighted by molar-refractivity contribution is 6.09. The number of rotatable bonds is 6. The lowest BCUT2D eigenvalue weighted by Gasteiger charge is -2.21. The molecule has 1 aliphatic heterocycles. The molecule has 1 aromatic rings. The molecule has 1 heterocycles. The number of amides is 4. The average molecular weight is 387 g/mol. The minimum Gasteiger partial charge on any atom is -0.451 e. The summed E-state index contributed by atoms with van der Waals surface area (Å²) in [6.45, 7) is 6.34. The first kappa shape index (κ1) is 19.9. The lowest BCUT2D eigenvalue weighted by atomic mass is 9.96. The molecule has 8 heteroatoms. The van der Waals surface area contributed by atoms with E-state index in [1.165, 1.54) is 6.92 Å². The molecular formula is C20H25N3O5. The third-order valence-corrected chi connectivity index (χ3v) is 5.39. The maximum Gasteiger partial charge on any atom is 0.327 e. The molecular weight excluding hydrogens is 362 g/mol. The molecule has 4 amide bonds. The molecule has 0 unspecified atom stereocenters. The van der Waals surface area contributed by atoms with Crippen LogP contribution in [0.3, 0.4) is 0 Å². The van der Waals surface area contributed by atoms with Gasteiger partial charge >= 0.3 is 12.0 Å². The van der Waals surface area contributed by atoms with Gasteiger partial charge in [0.1, 0.15) is 12.1 Å². The molecule has 3 rings (SSSR count). The highest BCUT2D eigenvalue weighted by Crippen LogP contribution is 2.42. The van der Waals surface area contributed by atoms with Crippen LogP contribution in [-0.4, -0.2) is 46.9 Å². The molecule has 2 N–H and O–H groups in total. The van der Waals surface area contributed by atoms with Crippen LogP contribution < -0.4 is 10.6 Å². The number of esters is 1. The Hall–Kier alpha value is -2.90. The van der Waals surface area contributed by atoms with E-state index in [-0.39, 0.29) is 5.92 Å². The predicted molar refractivity (Wildman–Crippen MR) is 101 cm³/mol. The first-order valence-corrected chi connectivity index (χ1v) is 9.34. The van der Waals surface area contributed by atoms with Crippen LogP contribution in [0.4, 0.5) is 10.5 Å². The zero-order chi connectivity index (χ0) is 20.6. The van der Waals surface area contributed by atoms with E-state index in [4.69, 9.17) is 4.74 Å². The second-order valence-electron chi connectivity index (χ2n) is 7.69. The molecule has 2 aliphatic rings. The lowest BCUT2D eigenvalue weighted by molar-refractivity contribution is -0.155. The van der Waals surface area contributed by atoms with Gasteiger partial charge in [0.15, 0.2) is 6.10 Å². The Balaban J connectivity index is 1.58. The van der Waals surface area contributed by atoms with Crippen molar-refractivity contribution in [2.45, 2.75) is 52.2 Å². The first-order chi connectivity index (χ1) is 13.1. The first-order valence-electron chi connectivity index (χ1n) is 9.34. The number of ether oxygens (including phenoxy) is 1. The van der Waals surface area contributed by atoms with Gasteiger partial charge in [-0.1, -0.05) is 18.2 Å². The number of carbonyl (C=O) groups excluding carboxylic acids is 4. The number of imide groups is 1. The van der Waals surface area contributed by atoms with E-state index >= 15 is 0 Å². The summed E-state index contributed by atoms with van der Waals surface area (Å²) in [6, 6.07) is 5.02. The molecule has 2 atom stereocenters. The third kappa shape index (κ3) is 3.72. The normalized spacial score (nSPS) is 22.6. The van der Waals surface area contributed by atoms with E-state index in [2.05, 4.69) is 10.6 Å². The number of anilines is 1. The fraction of sp³-hybridized carbons (Fsp3) is 0.500. The van der Waals surface area contributed by atoms with Gasteiger partial charge in [0.05, 0.1) is 0 Å². The maximum absolute atomic E-state index is 12.5. The molecule has 0 spiro atoms. The van der Waals surface area contributed by atoms with Crippen LogP contribution in [0.2, 0.25) is 0 Å². The SMILES string of the molecule is Cc1cccc(C)c1NC(=O)[C@@H](C)OC(=O)CN1C(=O)N[C@@](C)(C2CC2)C1=O. The van der Waals surface area contributed by atoms with Crippen LogP contribution in [0.25, 0.3) is 0 Å². The monoisotopic (exact) mass is 387 g/mol. The van der Waals surface area contributed by atoms with E-state index in [0.717, 1.165) is 28.9 Å². The molecule has 1 saturated heterocycles. The number of benzene rings is 1. The van der Waals surface area contributed by atoms with Gasteiger partial charge in [-0.2, -0.15) is 0 Å². The van der Waals surface area contributed by atoms with Gasteiger partial charge in [-0.05, 0) is 57.6 Å². The van der Waals surface area contributed by atoms with E-state index in [1.54, 1.807) is 6.92 Å². The van der Waals surface area contributed by atoms with Crippen molar-refractivity contribution in [3.63, 3.8) is 0 Å². The third-order valence-electron chi connectivity index (χ3n) is 5.39. The highest BCUT2D eigenvalue weighted by Gasteiger charge is 2.56. The lowest BCUT2D eigenvalue weighted by Crippen LogP contribution is -2.46. The maximum atomic E-state index is 12.5. The second-order valence-corrected chi connectivity index (χ2v) is 7.69. The van der Waals surface area contributed by atoms with Crippen molar-refractivity contribution in [1.82, 2.24) is 10.2 Å². The fourth-order valence-corrected chi connectivity index (χ4v) is 3.45. The summed E-state index contributed by atoms with van der Waals surface area (Å²) in [6.07, 6.45) is 0.675. The summed E-state index contributed by atoms with van der Waals surface area (Å²) in [4.78, 5) is 50.1. The summed E-state index contributed by atoms with van der Waals surface area (Å²) in [5, 5.41) is 5.42. The van der Waals surface area contributed by atoms with Gasteiger partial charge in [-0.15, -0.1) is 0 Å². The van der Waals surface area contributed by atoms with Gasteiger partial charge in [0.2, 0.25) is 0 Å². The van der Waals surface area contributed by atoms with E-state index < -0.39 is 42.0 Å². The summed E-state index contributed by atoms with van der Waals surface area (Å²) >= 11 is 0. The van der Waals surface area contributed by atoms with Crippen LogP contribution in [0.5, 0.6) is 0 Å². The van der Waals surface area contributed by atoms with E-state index in [9.17, 15) is 19.2 Å². The van der Waals surface area contributed by atoms with Crippen LogP contribution in [0.1, 0.15) is 37.8 Å². The topological polar surface area (TPSA) is 105 Å². The summed E-state index contributed by atoms with van der Waals surface area (Å²) < 4.78 is 5.14. The van der Waals surface area contributed by atoms with E-state index in [0.29, 0.717) is 5.69 Å². The van der Waals surface area contributed by atoms with Gasteiger partial charge < -0.3 is 15.4 Å². The van der Waals surface area contributed by atoms with Crippen molar-refractivity contribution in [3.05, 3.63) is 29.3 Å². The van der Waals surface area contributed by atoms with Gasteiger partial charge in [-0.3, -0.25) is 19.3 Å². The molecule has 150 valence electrons. The number of para-hydroxylation sites is 1. The van der Waals surface area contributed by atoms with Gasteiger partial charge in [0.25, 0.3) is 11.8 Å². The van der Waals surface area contributed by atoms with Crippen molar-refractivity contribution in [2.24, 2.45) is 5.92 Å². The minimum absolute atomic E-state index is 0.104. The molecule has 8 nitrogen and oxygen atoms in total. The number of hydrogen-bond donors (Lipinski definition) is 2. The Kier molecular flexibility index (Phi) is 5.14. The molecule has 28 heavy (non-hydrogen) atoms. The number of urea groups is 1. The zero-order valence-electron chi connectivity index (χ0n) is 16.5. The summed E-state index contributed by atoms with van der Waals surface area (Å²) in [5.74, 6) is -1.62. The fourth-order valence-electron chi connectivity index (χ4n) is 3.45. The van der Waals surface area contributed by atoms with Gasteiger partial charge in [-0.25, -0.2) is 4.79 Å². The Morgan fingerprint density at radius 1 is 1.29 bits per heavy atom. The highest BCUT2D eigenvalue weighted by atomic mass is 16.5.